The minimum atomic E-state index is -2.96. The molecule has 1 aliphatic carbocycles. The molecule has 3 N–H and O–H groups in total. The smallest absolute Gasteiger partial charge is 0.249 e. The number of hydrogen-bond acceptors (Lipinski definition) is 7. The Morgan fingerprint density at radius 2 is 2.00 bits per heavy atom. The molecule has 11 heteroatoms. The third-order valence-electron chi connectivity index (χ3n) is 6.48. The third kappa shape index (κ3) is 5.35. The van der Waals surface area contributed by atoms with E-state index in [1.807, 2.05) is 24.3 Å². The summed E-state index contributed by atoms with van der Waals surface area (Å²) in [4.78, 5) is 19.2. The molecule has 2 heterocycles. The maximum atomic E-state index is 14.2. The first-order chi connectivity index (χ1) is 16.1. The number of alkyl halides is 2. The van der Waals surface area contributed by atoms with Crippen molar-refractivity contribution in [2.45, 2.75) is 38.0 Å². The Bertz CT molecular complexity index is 1070. The normalized spacial score (nSPS) is 24.8. The molecule has 184 valence electrons. The second-order valence-electron chi connectivity index (χ2n) is 8.88. The van der Waals surface area contributed by atoms with Crippen molar-refractivity contribution >= 4 is 22.2 Å². The van der Waals surface area contributed by atoms with E-state index in [4.69, 9.17) is 9.68 Å². The van der Waals surface area contributed by atoms with Crippen LogP contribution in [0.1, 0.15) is 36.8 Å². The topological polar surface area (TPSA) is 123 Å². The molecular formula is C23H28F2N4O4S. The lowest BCUT2D eigenvalue weighted by atomic mass is 9.74. The van der Waals surface area contributed by atoms with Crippen LogP contribution in [0.2, 0.25) is 0 Å². The van der Waals surface area contributed by atoms with Gasteiger partial charge in [-0.1, -0.05) is 12.1 Å². The number of nitriles is 1. The number of nitrogens with zero attached hydrogens (tertiary/aromatic N) is 3. The fourth-order valence-electron chi connectivity index (χ4n) is 4.70. The second kappa shape index (κ2) is 9.52. The summed E-state index contributed by atoms with van der Waals surface area (Å²) in [6.45, 7) is 2.52. The molecule has 1 saturated carbocycles. The number of aromatic nitrogens is 1. The van der Waals surface area contributed by atoms with Crippen LogP contribution in [0.5, 0.6) is 0 Å². The Kier molecular flexibility index (Phi) is 6.85. The van der Waals surface area contributed by atoms with Gasteiger partial charge in [0.25, 0.3) is 0 Å². The Morgan fingerprint density at radius 1 is 1.32 bits per heavy atom. The molecule has 2 fully saturated rings. The first-order valence-electron chi connectivity index (χ1n) is 11.2. The number of carbonyl (C=O) groups excluding carboxylic acids is 1. The van der Waals surface area contributed by atoms with Crippen molar-refractivity contribution in [3.05, 3.63) is 35.9 Å². The lowest BCUT2D eigenvalue weighted by Gasteiger charge is -2.41. The van der Waals surface area contributed by atoms with Gasteiger partial charge >= 0.3 is 0 Å². The van der Waals surface area contributed by atoms with Crippen molar-refractivity contribution in [2.24, 2.45) is 5.92 Å². The molecule has 1 aromatic carbocycles. The van der Waals surface area contributed by atoms with Crippen molar-refractivity contribution in [1.82, 2.24) is 10.3 Å². The molecule has 4 rings (SSSR count). The zero-order valence-electron chi connectivity index (χ0n) is 18.8. The van der Waals surface area contributed by atoms with E-state index < -0.39 is 40.7 Å². The Balaban J connectivity index is 1.59. The van der Waals surface area contributed by atoms with Crippen molar-refractivity contribution < 1.29 is 27.1 Å². The van der Waals surface area contributed by atoms with Gasteiger partial charge in [0.1, 0.15) is 18.0 Å². The van der Waals surface area contributed by atoms with Crippen molar-refractivity contribution in [2.75, 3.05) is 36.0 Å². The van der Waals surface area contributed by atoms with Gasteiger partial charge in [-0.3, -0.25) is 13.9 Å². The number of nitrogens with one attached hydrogen (secondary N) is 1. The summed E-state index contributed by atoms with van der Waals surface area (Å²) in [6, 6.07) is 9.36. The maximum absolute atomic E-state index is 14.2. The summed E-state index contributed by atoms with van der Waals surface area (Å²) in [5.74, 6) is -3.70. The summed E-state index contributed by atoms with van der Waals surface area (Å²) in [5, 5.41) is 11.2. The third-order valence-corrected chi connectivity index (χ3v) is 8.16. The van der Waals surface area contributed by atoms with E-state index in [0.717, 1.165) is 11.3 Å². The van der Waals surface area contributed by atoms with E-state index in [1.54, 1.807) is 13.0 Å². The van der Waals surface area contributed by atoms with Gasteiger partial charge in [0.15, 0.2) is 5.89 Å². The highest BCUT2D eigenvalue weighted by molar-refractivity contribution is 8.24. The van der Waals surface area contributed by atoms with Crippen LogP contribution in [0.25, 0.3) is 11.3 Å². The van der Waals surface area contributed by atoms with E-state index in [1.165, 1.54) is 0 Å². The van der Waals surface area contributed by atoms with Gasteiger partial charge in [0.05, 0.1) is 23.5 Å². The quantitative estimate of drug-likeness (QED) is 0.527. The van der Waals surface area contributed by atoms with Crippen LogP contribution in [0.3, 0.4) is 0 Å². The largest absolute Gasteiger partial charge is 0.445 e. The monoisotopic (exact) mass is 494 g/mol. The van der Waals surface area contributed by atoms with E-state index >= 15 is 0 Å². The first kappa shape index (κ1) is 24.4. The Hall–Kier alpha value is -2.68. The van der Waals surface area contributed by atoms with Gasteiger partial charge in [-0.25, -0.2) is 13.8 Å². The molecule has 8 nitrogen and oxygen atoms in total. The van der Waals surface area contributed by atoms with E-state index in [2.05, 4.69) is 15.2 Å². The summed E-state index contributed by atoms with van der Waals surface area (Å²) >= 11 is 0. The number of halogens is 2. The predicted molar refractivity (Wildman–Crippen MR) is 125 cm³/mol. The van der Waals surface area contributed by atoms with E-state index in [9.17, 15) is 22.7 Å². The molecule has 2 atom stereocenters. The molecule has 2 unspecified atom stereocenters. The molecule has 34 heavy (non-hydrogen) atoms. The highest BCUT2D eigenvalue weighted by Crippen LogP contribution is 2.47. The fourth-order valence-corrected chi connectivity index (χ4v) is 5.93. The molecule has 2 aliphatic rings. The fraction of sp³-hybridized carbons (Fsp3) is 0.522. The molecule has 0 radical (unpaired) electrons. The number of amides is 1. The first-order valence-corrected chi connectivity index (χ1v) is 13.1. The second-order valence-corrected chi connectivity index (χ2v) is 11.3. The minimum absolute atomic E-state index is 0.0670. The van der Waals surface area contributed by atoms with Gasteiger partial charge in [-0.05, 0) is 18.6 Å². The lowest BCUT2D eigenvalue weighted by molar-refractivity contribution is -0.133. The molecule has 1 aromatic heterocycles. The Morgan fingerprint density at radius 3 is 2.65 bits per heavy atom. The number of aryl methyl sites for hydroxylation is 1. The molecule has 2 aromatic rings. The van der Waals surface area contributed by atoms with E-state index in [-0.39, 0.29) is 19.4 Å². The van der Waals surface area contributed by atoms with Crippen LogP contribution >= 0.6 is 10.6 Å². The van der Waals surface area contributed by atoms with Gasteiger partial charge in [0.2, 0.25) is 11.8 Å². The average Bonchev–Trinajstić information content (AvgIpc) is 3.18. The highest BCUT2D eigenvalue weighted by atomic mass is 32.3. The standard InChI is InChI=1S/C23H28F2N4O4S/c1-15-28-20(16-2-4-17(5-3-16)29-10-12-34(31,32)13-11-29)21(33-15)18-6-7-23(24,25)14-19(18)22(30)27-9-8-26/h2-5,18-19,31-32H,6-7,9-14H2,1H3,(H,27,30). The number of rotatable bonds is 5. The number of oxazole rings is 1. The van der Waals surface area contributed by atoms with Gasteiger partial charge in [-0.15, -0.1) is 0 Å². The SMILES string of the molecule is Cc1nc(-c2ccc(N3CCS(O)(O)CC3)cc2)c(C2CCC(F)(F)CC2C(=O)NCC#N)o1. The summed E-state index contributed by atoms with van der Waals surface area (Å²) < 4.78 is 53.9. The van der Waals surface area contributed by atoms with Crippen molar-refractivity contribution in [1.29, 1.82) is 5.26 Å². The maximum Gasteiger partial charge on any atom is 0.249 e. The molecular weight excluding hydrogens is 466 g/mol. The summed E-state index contributed by atoms with van der Waals surface area (Å²) in [6.07, 6.45) is -0.898. The van der Waals surface area contributed by atoms with Crippen LogP contribution in [0.4, 0.5) is 14.5 Å². The van der Waals surface area contributed by atoms with Crippen LogP contribution in [-0.2, 0) is 4.79 Å². The number of hydrogen-bond donors (Lipinski definition) is 3. The zero-order chi connectivity index (χ0) is 24.5. The van der Waals surface area contributed by atoms with Gasteiger partial charge in [0, 0.05) is 50.0 Å². The van der Waals surface area contributed by atoms with E-state index in [0.29, 0.717) is 41.9 Å². The predicted octanol–water partition coefficient (Wildman–Crippen LogP) is 4.38. The van der Waals surface area contributed by atoms with Gasteiger partial charge in [-0.2, -0.15) is 15.9 Å². The van der Waals surface area contributed by atoms with Crippen LogP contribution in [0, 0.1) is 24.2 Å². The summed E-state index contributed by atoms with van der Waals surface area (Å²) in [5.41, 5.74) is 2.20. The molecule has 1 saturated heterocycles. The van der Waals surface area contributed by atoms with Crippen LogP contribution in [0.15, 0.2) is 28.7 Å². The van der Waals surface area contributed by atoms with Gasteiger partial charge < -0.3 is 14.6 Å². The van der Waals surface area contributed by atoms with Crippen molar-refractivity contribution in [3.63, 3.8) is 0 Å². The number of anilines is 1. The van der Waals surface area contributed by atoms with Crippen molar-refractivity contribution in [3.8, 4) is 17.3 Å². The highest BCUT2D eigenvalue weighted by Gasteiger charge is 2.47. The minimum Gasteiger partial charge on any atom is -0.445 e. The summed E-state index contributed by atoms with van der Waals surface area (Å²) in [7, 11) is -2.48. The van der Waals surface area contributed by atoms with Crippen LogP contribution in [-0.4, -0.2) is 57.1 Å². The lowest BCUT2D eigenvalue weighted by Crippen LogP contribution is -2.41. The molecule has 1 aliphatic heterocycles. The molecule has 0 spiro atoms. The zero-order valence-corrected chi connectivity index (χ0v) is 19.7. The molecule has 1 amide bonds. The number of benzene rings is 1. The Labute approximate surface area is 198 Å². The molecule has 0 bridgehead atoms. The average molecular weight is 495 g/mol. The van der Waals surface area contributed by atoms with Crippen LogP contribution < -0.4 is 10.2 Å². The number of carbonyl (C=O) groups is 1.